The molecule has 30 heavy (non-hydrogen) atoms. The summed E-state index contributed by atoms with van der Waals surface area (Å²) in [5.41, 5.74) is 1.52. The first-order chi connectivity index (χ1) is 14.2. The number of carbonyl (C=O) groups excluding carboxylic acids is 1. The number of alkyl halides is 2. The average molecular weight is 437 g/mol. The topological polar surface area (TPSA) is 77.1 Å². The van der Waals surface area contributed by atoms with Gasteiger partial charge in [0.15, 0.2) is 5.65 Å². The van der Waals surface area contributed by atoms with E-state index < -0.39 is 12.0 Å². The number of amides is 1. The fraction of sp³-hybridized carbons (Fsp3) is 0.500. The number of hydrogen-bond donors (Lipinski definition) is 1. The number of hydrogen-bond acceptors (Lipinski definition) is 4. The van der Waals surface area contributed by atoms with E-state index >= 15 is 0 Å². The molecule has 3 aromatic rings. The number of nitrogens with zero attached hydrogens (tertiary/aromatic N) is 5. The highest BCUT2D eigenvalue weighted by atomic mass is 35.5. The molecule has 1 saturated carbocycles. The second-order valence-corrected chi connectivity index (χ2v) is 8.48. The molecule has 3 heterocycles. The van der Waals surface area contributed by atoms with Crippen LogP contribution in [0.1, 0.15) is 67.8 Å². The predicted octanol–water partition coefficient (Wildman–Crippen LogP) is 4.46. The van der Waals surface area contributed by atoms with Crippen LogP contribution in [0.25, 0.3) is 5.65 Å². The largest absolute Gasteiger partial charge is 0.342 e. The van der Waals surface area contributed by atoms with Crippen molar-refractivity contribution in [1.29, 1.82) is 0 Å². The van der Waals surface area contributed by atoms with Crippen LogP contribution in [0, 0.1) is 5.92 Å². The number of rotatable bonds is 5. The van der Waals surface area contributed by atoms with Crippen LogP contribution in [0.15, 0.2) is 30.7 Å². The first-order valence-electron chi connectivity index (χ1n) is 9.96. The van der Waals surface area contributed by atoms with Crippen molar-refractivity contribution in [2.24, 2.45) is 5.92 Å². The molecule has 3 aromatic heterocycles. The molecule has 1 atom stereocenters. The van der Waals surface area contributed by atoms with Gasteiger partial charge in [-0.05, 0) is 38.7 Å². The third-order valence-corrected chi connectivity index (χ3v) is 5.74. The van der Waals surface area contributed by atoms with Gasteiger partial charge in [0.25, 0.3) is 5.91 Å². The minimum atomic E-state index is -2.66. The highest BCUT2D eigenvalue weighted by Crippen LogP contribution is 2.41. The number of nitrogens with one attached hydrogen (secondary N) is 1. The summed E-state index contributed by atoms with van der Waals surface area (Å²) in [6, 6.07) is 2.80. The molecule has 0 radical (unpaired) electrons. The van der Waals surface area contributed by atoms with E-state index in [-0.39, 0.29) is 30.7 Å². The summed E-state index contributed by atoms with van der Waals surface area (Å²) in [6.45, 7) is 3.87. The van der Waals surface area contributed by atoms with Gasteiger partial charge in [-0.1, -0.05) is 11.6 Å². The van der Waals surface area contributed by atoms with Gasteiger partial charge in [-0.2, -0.15) is 10.2 Å². The molecule has 0 bridgehead atoms. The first kappa shape index (κ1) is 20.7. The van der Waals surface area contributed by atoms with Crippen LogP contribution in [0.5, 0.6) is 0 Å². The molecule has 1 N–H and O–H groups in total. The van der Waals surface area contributed by atoms with Gasteiger partial charge >= 0.3 is 0 Å². The van der Waals surface area contributed by atoms with Crippen molar-refractivity contribution in [1.82, 2.24) is 29.7 Å². The molecule has 0 saturated heterocycles. The molecule has 1 fully saturated rings. The summed E-state index contributed by atoms with van der Waals surface area (Å²) in [5, 5.41) is 11.9. The second-order valence-electron chi connectivity index (χ2n) is 8.04. The number of halogens is 3. The van der Waals surface area contributed by atoms with E-state index in [2.05, 4.69) is 20.5 Å². The molecule has 7 nitrogen and oxygen atoms in total. The molecule has 10 heteroatoms. The van der Waals surface area contributed by atoms with Crippen molar-refractivity contribution in [2.45, 2.75) is 57.5 Å². The third-order valence-electron chi connectivity index (χ3n) is 5.54. The van der Waals surface area contributed by atoms with Gasteiger partial charge in [0.1, 0.15) is 5.69 Å². The number of carbonyl (C=O) groups is 1. The Hall–Kier alpha value is -2.55. The monoisotopic (exact) mass is 436 g/mol. The van der Waals surface area contributed by atoms with Crippen LogP contribution in [-0.4, -0.2) is 36.2 Å². The lowest BCUT2D eigenvalue weighted by molar-refractivity contribution is -0.0495. The Morgan fingerprint density at radius 1 is 1.30 bits per heavy atom. The quantitative estimate of drug-likeness (QED) is 0.640. The number of imidazole rings is 1. The SMILES string of the molecule is CC(C)n1nccc1C(=O)N[C@H](c1cn2ncc(Cl)cc2n1)C1CCC(F)(F)CC1. The summed E-state index contributed by atoms with van der Waals surface area (Å²) >= 11 is 6.01. The Labute approximate surface area is 177 Å². The van der Waals surface area contributed by atoms with E-state index in [4.69, 9.17) is 11.6 Å². The lowest BCUT2D eigenvalue weighted by atomic mass is 9.81. The van der Waals surface area contributed by atoms with Crippen molar-refractivity contribution in [3.8, 4) is 0 Å². The summed E-state index contributed by atoms with van der Waals surface area (Å²) in [6.07, 6.45) is 4.96. The van der Waals surface area contributed by atoms with Crippen molar-refractivity contribution < 1.29 is 13.6 Å². The van der Waals surface area contributed by atoms with Gasteiger partial charge in [-0.3, -0.25) is 9.48 Å². The Morgan fingerprint density at radius 3 is 2.73 bits per heavy atom. The minimum absolute atomic E-state index is 0.00843. The lowest BCUT2D eigenvalue weighted by Gasteiger charge is -2.33. The zero-order valence-corrected chi connectivity index (χ0v) is 17.5. The van der Waals surface area contributed by atoms with Gasteiger partial charge in [-0.25, -0.2) is 18.3 Å². The molecular weight excluding hydrogens is 414 g/mol. The fourth-order valence-electron chi connectivity index (χ4n) is 3.97. The maximum absolute atomic E-state index is 13.7. The van der Waals surface area contributed by atoms with E-state index in [0.717, 1.165) is 0 Å². The minimum Gasteiger partial charge on any atom is -0.342 e. The highest BCUT2D eigenvalue weighted by Gasteiger charge is 2.39. The second kappa shape index (κ2) is 7.94. The van der Waals surface area contributed by atoms with E-state index in [1.807, 2.05) is 13.8 Å². The molecule has 160 valence electrons. The van der Waals surface area contributed by atoms with Gasteiger partial charge in [-0.15, -0.1) is 0 Å². The summed E-state index contributed by atoms with van der Waals surface area (Å²) < 4.78 is 30.7. The molecule has 0 aromatic carbocycles. The van der Waals surface area contributed by atoms with E-state index in [9.17, 15) is 13.6 Å². The van der Waals surface area contributed by atoms with Gasteiger partial charge in [0.2, 0.25) is 5.92 Å². The average Bonchev–Trinajstić information content (AvgIpc) is 3.33. The summed E-state index contributed by atoms with van der Waals surface area (Å²) in [5.74, 6) is -3.13. The van der Waals surface area contributed by atoms with Crippen molar-refractivity contribution >= 4 is 23.2 Å². The van der Waals surface area contributed by atoms with Crippen molar-refractivity contribution in [3.05, 3.63) is 47.1 Å². The van der Waals surface area contributed by atoms with Crippen LogP contribution in [0.4, 0.5) is 8.78 Å². The molecule has 1 amide bonds. The maximum atomic E-state index is 13.7. The van der Waals surface area contributed by atoms with Crippen molar-refractivity contribution in [2.75, 3.05) is 0 Å². The molecule has 0 aliphatic heterocycles. The molecule has 1 aliphatic carbocycles. The fourth-order valence-corrected chi connectivity index (χ4v) is 4.11. The third kappa shape index (κ3) is 4.16. The molecule has 0 unspecified atom stereocenters. The van der Waals surface area contributed by atoms with Gasteiger partial charge < -0.3 is 5.32 Å². The standard InChI is InChI=1S/C20H23ClF2N6O/c1-12(2)29-16(5-8-24-29)19(30)27-18(13-3-6-20(22,23)7-4-13)15-11-28-17(26-15)9-14(21)10-25-28/h5,8-13,18H,3-4,6-7H2,1-2H3,(H,27,30)/t18-/m0/s1. The molecule has 4 rings (SSSR count). The number of aromatic nitrogens is 5. The Bertz CT molecular complexity index is 1050. The highest BCUT2D eigenvalue weighted by molar-refractivity contribution is 6.30. The Kier molecular flexibility index (Phi) is 5.48. The Morgan fingerprint density at radius 2 is 2.03 bits per heavy atom. The predicted molar refractivity (Wildman–Crippen MR) is 108 cm³/mol. The van der Waals surface area contributed by atoms with Crippen LogP contribution in [0.2, 0.25) is 5.02 Å². The smallest absolute Gasteiger partial charge is 0.270 e. The number of fused-ring (bicyclic) bond motifs is 1. The van der Waals surface area contributed by atoms with E-state index in [1.165, 1.54) is 6.20 Å². The normalized spacial score (nSPS) is 18.1. The summed E-state index contributed by atoms with van der Waals surface area (Å²) in [7, 11) is 0. The van der Waals surface area contributed by atoms with Crippen molar-refractivity contribution in [3.63, 3.8) is 0 Å². The van der Waals surface area contributed by atoms with Gasteiger partial charge in [0, 0.05) is 31.1 Å². The van der Waals surface area contributed by atoms with Crippen LogP contribution in [-0.2, 0) is 0 Å². The van der Waals surface area contributed by atoms with Crippen LogP contribution < -0.4 is 5.32 Å². The Balaban J connectivity index is 1.66. The zero-order chi connectivity index (χ0) is 21.5. The first-order valence-corrected chi connectivity index (χ1v) is 10.3. The molecular formula is C20H23ClF2N6O. The van der Waals surface area contributed by atoms with Gasteiger partial charge in [0.05, 0.1) is 29.2 Å². The lowest BCUT2D eigenvalue weighted by Crippen LogP contribution is -2.38. The van der Waals surface area contributed by atoms with Crippen LogP contribution in [0.3, 0.4) is 0 Å². The molecule has 1 aliphatic rings. The van der Waals surface area contributed by atoms with E-state index in [0.29, 0.717) is 34.9 Å². The molecule has 0 spiro atoms. The van der Waals surface area contributed by atoms with E-state index in [1.54, 1.807) is 33.7 Å². The van der Waals surface area contributed by atoms with Crippen LogP contribution >= 0.6 is 11.6 Å². The zero-order valence-electron chi connectivity index (χ0n) is 16.7. The maximum Gasteiger partial charge on any atom is 0.270 e. The summed E-state index contributed by atoms with van der Waals surface area (Å²) in [4.78, 5) is 17.6.